The van der Waals surface area contributed by atoms with Gasteiger partial charge in [-0.25, -0.2) is 4.39 Å². The second-order valence-corrected chi connectivity index (χ2v) is 5.58. The molecule has 5 heteroatoms. The lowest BCUT2D eigenvalue weighted by Crippen LogP contribution is -2.44. The number of aliphatic hydroxyl groups is 1. The van der Waals surface area contributed by atoms with Crippen molar-refractivity contribution in [2.75, 3.05) is 19.7 Å². The topological polar surface area (TPSA) is 49.8 Å². The average Bonchev–Trinajstić information content (AvgIpc) is 2.48. The predicted octanol–water partition coefficient (Wildman–Crippen LogP) is 2.21. The molecule has 4 nitrogen and oxygen atoms in total. The van der Waals surface area contributed by atoms with Crippen molar-refractivity contribution in [3.8, 4) is 5.75 Å². The molecular formula is C16H22FNO3. The van der Waals surface area contributed by atoms with Gasteiger partial charge >= 0.3 is 0 Å². The van der Waals surface area contributed by atoms with E-state index in [1.165, 1.54) is 12.1 Å². The van der Waals surface area contributed by atoms with Gasteiger partial charge in [0.15, 0.2) is 0 Å². The number of halogens is 1. The van der Waals surface area contributed by atoms with Crippen molar-refractivity contribution in [2.45, 2.75) is 32.3 Å². The van der Waals surface area contributed by atoms with E-state index >= 15 is 0 Å². The summed E-state index contributed by atoms with van der Waals surface area (Å²) >= 11 is 0. The molecule has 1 aromatic carbocycles. The van der Waals surface area contributed by atoms with Gasteiger partial charge in [-0.1, -0.05) is 6.92 Å². The minimum Gasteiger partial charge on any atom is -0.494 e. The Bertz CT molecular complexity index is 463. The van der Waals surface area contributed by atoms with E-state index in [4.69, 9.17) is 4.74 Å². The van der Waals surface area contributed by atoms with E-state index in [1.54, 1.807) is 12.1 Å². The zero-order chi connectivity index (χ0) is 15.2. The summed E-state index contributed by atoms with van der Waals surface area (Å²) in [5, 5.41) is 9.65. The highest BCUT2D eigenvalue weighted by atomic mass is 19.1. The summed E-state index contributed by atoms with van der Waals surface area (Å²) in [6, 6.07) is 5.84. The number of rotatable bonds is 5. The number of aliphatic hydroxyl groups excluding tert-OH is 1. The molecule has 1 saturated heterocycles. The van der Waals surface area contributed by atoms with Gasteiger partial charge in [-0.05, 0) is 43.0 Å². The first-order valence-electron chi connectivity index (χ1n) is 7.40. The van der Waals surface area contributed by atoms with Crippen molar-refractivity contribution in [1.82, 2.24) is 4.90 Å². The minimum atomic E-state index is -0.296. The van der Waals surface area contributed by atoms with Crippen LogP contribution in [0, 0.1) is 11.7 Å². The monoisotopic (exact) mass is 295 g/mol. The van der Waals surface area contributed by atoms with Gasteiger partial charge in [-0.15, -0.1) is 0 Å². The van der Waals surface area contributed by atoms with Crippen LogP contribution in [-0.2, 0) is 4.79 Å². The fourth-order valence-corrected chi connectivity index (χ4v) is 2.46. The molecule has 1 amide bonds. The minimum absolute atomic E-state index is 0.108. The molecule has 0 aromatic heterocycles. The van der Waals surface area contributed by atoms with Gasteiger partial charge in [0.05, 0.1) is 12.7 Å². The van der Waals surface area contributed by atoms with Crippen molar-refractivity contribution in [3.05, 3.63) is 30.1 Å². The Kier molecular flexibility index (Phi) is 5.56. The summed E-state index contributed by atoms with van der Waals surface area (Å²) in [5.74, 6) is 0.562. The lowest BCUT2D eigenvalue weighted by molar-refractivity contribution is -0.134. The maximum atomic E-state index is 12.7. The number of carbonyl (C=O) groups is 1. The maximum Gasteiger partial charge on any atom is 0.222 e. The molecule has 116 valence electrons. The van der Waals surface area contributed by atoms with E-state index in [2.05, 4.69) is 0 Å². The van der Waals surface area contributed by atoms with Crippen molar-refractivity contribution in [3.63, 3.8) is 0 Å². The van der Waals surface area contributed by atoms with E-state index in [0.717, 1.165) is 0 Å². The standard InChI is InChI=1S/C16H22FNO3/c1-12-11-18(9-8-15(12)19)16(20)3-2-10-21-14-6-4-13(17)5-7-14/h4-7,12,15,19H,2-3,8-11H2,1H3. The first kappa shape index (κ1) is 15.8. The van der Waals surface area contributed by atoms with Crippen LogP contribution in [0.4, 0.5) is 4.39 Å². The summed E-state index contributed by atoms with van der Waals surface area (Å²) in [6.07, 6.45) is 1.42. The molecule has 0 bridgehead atoms. The number of likely N-dealkylation sites (tertiary alicyclic amines) is 1. The van der Waals surface area contributed by atoms with Gasteiger partial charge in [0.1, 0.15) is 11.6 Å². The van der Waals surface area contributed by atoms with Crippen molar-refractivity contribution in [2.24, 2.45) is 5.92 Å². The Labute approximate surface area is 124 Å². The lowest BCUT2D eigenvalue weighted by Gasteiger charge is -2.34. The predicted molar refractivity (Wildman–Crippen MR) is 77.5 cm³/mol. The smallest absolute Gasteiger partial charge is 0.222 e. The molecular weight excluding hydrogens is 273 g/mol. The zero-order valence-electron chi connectivity index (χ0n) is 12.3. The van der Waals surface area contributed by atoms with Crippen LogP contribution < -0.4 is 4.74 Å². The highest BCUT2D eigenvalue weighted by Crippen LogP contribution is 2.17. The number of amides is 1. The molecule has 1 N–H and O–H groups in total. The SMILES string of the molecule is CC1CN(C(=O)CCCOc2ccc(F)cc2)CCC1O. The molecule has 1 aliphatic rings. The fourth-order valence-electron chi connectivity index (χ4n) is 2.46. The number of ether oxygens (including phenoxy) is 1. The zero-order valence-corrected chi connectivity index (χ0v) is 12.3. The van der Waals surface area contributed by atoms with E-state index in [1.807, 2.05) is 11.8 Å². The molecule has 0 aliphatic carbocycles. The molecule has 0 spiro atoms. The van der Waals surface area contributed by atoms with E-state index < -0.39 is 0 Å². The first-order chi connectivity index (χ1) is 10.1. The quantitative estimate of drug-likeness (QED) is 0.847. The number of benzene rings is 1. The normalized spacial score (nSPS) is 22.1. The number of nitrogens with zero attached hydrogens (tertiary/aromatic N) is 1. The molecule has 1 fully saturated rings. The average molecular weight is 295 g/mol. The van der Waals surface area contributed by atoms with Gasteiger partial charge in [0.25, 0.3) is 0 Å². The first-order valence-corrected chi connectivity index (χ1v) is 7.40. The second kappa shape index (κ2) is 7.41. The molecule has 21 heavy (non-hydrogen) atoms. The molecule has 1 aromatic rings. The number of carbonyl (C=O) groups excluding carboxylic acids is 1. The summed E-state index contributed by atoms with van der Waals surface area (Å²) in [4.78, 5) is 13.9. The van der Waals surface area contributed by atoms with Gasteiger partial charge in [0, 0.05) is 19.5 Å². The third-order valence-electron chi connectivity index (χ3n) is 3.83. The summed E-state index contributed by atoms with van der Waals surface area (Å²) in [7, 11) is 0. The van der Waals surface area contributed by atoms with E-state index in [0.29, 0.717) is 44.7 Å². The van der Waals surface area contributed by atoms with Crippen LogP contribution in [0.15, 0.2) is 24.3 Å². The van der Waals surface area contributed by atoms with Gasteiger partial charge < -0.3 is 14.7 Å². The molecule has 1 aliphatic heterocycles. The highest BCUT2D eigenvalue weighted by molar-refractivity contribution is 5.76. The van der Waals surface area contributed by atoms with Gasteiger partial charge in [-0.3, -0.25) is 4.79 Å². The van der Waals surface area contributed by atoms with Crippen LogP contribution in [-0.4, -0.2) is 41.7 Å². The summed E-state index contributed by atoms with van der Waals surface area (Å²) < 4.78 is 18.2. The summed E-state index contributed by atoms with van der Waals surface area (Å²) in [6.45, 7) is 3.65. The third-order valence-corrected chi connectivity index (χ3v) is 3.83. The fraction of sp³-hybridized carbons (Fsp3) is 0.562. The van der Waals surface area contributed by atoms with Crippen LogP contribution in [0.1, 0.15) is 26.2 Å². The lowest BCUT2D eigenvalue weighted by atomic mass is 9.96. The summed E-state index contributed by atoms with van der Waals surface area (Å²) in [5.41, 5.74) is 0. The van der Waals surface area contributed by atoms with Crippen molar-refractivity contribution >= 4 is 5.91 Å². The van der Waals surface area contributed by atoms with E-state index in [-0.39, 0.29) is 23.7 Å². The maximum absolute atomic E-state index is 12.7. The van der Waals surface area contributed by atoms with Crippen LogP contribution in [0.5, 0.6) is 5.75 Å². The largest absolute Gasteiger partial charge is 0.494 e. The van der Waals surface area contributed by atoms with Crippen molar-refractivity contribution < 1.29 is 19.0 Å². The second-order valence-electron chi connectivity index (χ2n) is 5.58. The number of hydrogen-bond donors (Lipinski definition) is 1. The molecule has 0 radical (unpaired) electrons. The molecule has 2 atom stereocenters. The molecule has 0 saturated carbocycles. The van der Waals surface area contributed by atoms with Crippen molar-refractivity contribution in [1.29, 1.82) is 0 Å². The highest BCUT2D eigenvalue weighted by Gasteiger charge is 2.26. The Balaban J connectivity index is 1.66. The number of piperidine rings is 1. The van der Waals surface area contributed by atoms with Gasteiger partial charge in [-0.2, -0.15) is 0 Å². The van der Waals surface area contributed by atoms with Gasteiger partial charge in [0.2, 0.25) is 5.91 Å². The molecule has 2 unspecified atom stereocenters. The Morgan fingerprint density at radius 1 is 1.43 bits per heavy atom. The number of hydrogen-bond acceptors (Lipinski definition) is 3. The third kappa shape index (κ3) is 4.70. The molecule has 2 rings (SSSR count). The van der Waals surface area contributed by atoms with E-state index in [9.17, 15) is 14.3 Å². The Morgan fingerprint density at radius 2 is 2.14 bits per heavy atom. The van der Waals surface area contributed by atoms with Crippen LogP contribution in [0.3, 0.4) is 0 Å². The van der Waals surface area contributed by atoms with Crippen LogP contribution in [0.25, 0.3) is 0 Å². The van der Waals surface area contributed by atoms with Crippen LogP contribution >= 0.6 is 0 Å². The molecule has 1 heterocycles. The van der Waals surface area contributed by atoms with Crippen LogP contribution in [0.2, 0.25) is 0 Å². The Hall–Kier alpha value is -1.62. The Morgan fingerprint density at radius 3 is 2.81 bits per heavy atom.